The number of rotatable bonds is 4. The first-order chi connectivity index (χ1) is 9.08. The second-order valence-electron chi connectivity index (χ2n) is 5.68. The molecule has 1 saturated carbocycles. The number of amides is 1. The smallest absolute Gasteiger partial charge is 0.255 e. The Balaban J connectivity index is 2.19. The molecule has 1 aliphatic carbocycles. The van der Waals surface area contributed by atoms with E-state index >= 15 is 0 Å². The van der Waals surface area contributed by atoms with Crippen molar-refractivity contribution in [3.63, 3.8) is 0 Å². The van der Waals surface area contributed by atoms with Gasteiger partial charge in [-0.2, -0.15) is 0 Å². The largest absolute Gasteiger partial charge is 0.335 e. The predicted molar refractivity (Wildman–Crippen MR) is 80.1 cm³/mol. The first-order valence-electron chi connectivity index (χ1n) is 6.99. The third kappa shape index (κ3) is 3.78. The molecular weight excluding hydrogens is 304 g/mol. The Kier molecular flexibility index (Phi) is 4.97. The molecule has 0 saturated heterocycles. The van der Waals surface area contributed by atoms with Crippen molar-refractivity contribution in [3.05, 3.63) is 28.5 Å². The molecule has 4 heteroatoms. The first kappa shape index (κ1) is 14.5. The van der Waals surface area contributed by atoms with Crippen molar-refractivity contribution >= 4 is 21.8 Å². The normalized spacial score (nSPS) is 16.0. The van der Waals surface area contributed by atoms with Crippen LogP contribution in [0.3, 0.4) is 0 Å². The zero-order valence-corrected chi connectivity index (χ0v) is 13.2. The summed E-state index contributed by atoms with van der Waals surface area (Å²) in [5, 5.41) is 0. The predicted octanol–water partition coefficient (Wildman–Crippen LogP) is 3.88. The number of carbonyl (C=O) groups excluding carboxylic acids is 1. The van der Waals surface area contributed by atoms with Crippen LogP contribution in [0.2, 0.25) is 0 Å². The molecule has 0 atom stereocenters. The van der Waals surface area contributed by atoms with Gasteiger partial charge in [0.25, 0.3) is 5.91 Å². The zero-order valence-electron chi connectivity index (χ0n) is 11.6. The number of halogens is 1. The third-order valence-corrected chi connectivity index (χ3v) is 3.97. The van der Waals surface area contributed by atoms with Gasteiger partial charge in [-0.1, -0.05) is 26.7 Å². The van der Waals surface area contributed by atoms with Crippen LogP contribution in [0, 0.1) is 5.92 Å². The summed E-state index contributed by atoms with van der Waals surface area (Å²) in [5.41, 5.74) is 0.682. The van der Waals surface area contributed by atoms with Crippen LogP contribution < -0.4 is 0 Å². The van der Waals surface area contributed by atoms with Crippen molar-refractivity contribution in [3.8, 4) is 0 Å². The van der Waals surface area contributed by atoms with Gasteiger partial charge in [0, 0.05) is 29.5 Å². The Hall–Kier alpha value is -0.900. The highest BCUT2D eigenvalue weighted by Gasteiger charge is 2.28. The van der Waals surface area contributed by atoms with Crippen LogP contribution in [0.1, 0.15) is 49.9 Å². The summed E-state index contributed by atoms with van der Waals surface area (Å²) < 4.78 is 0.856. The van der Waals surface area contributed by atoms with E-state index in [1.54, 1.807) is 12.4 Å². The van der Waals surface area contributed by atoms with E-state index in [9.17, 15) is 4.79 Å². The summed E-state index contributed by atoms with van der Waals surface area (Å²) in [5.74, 6) is 0.610. The summed E-state index contributed by atoms with van der Waals surface area (Å²) in [6.45, 7) is 5.15. The van der Waals surface area contributed by atoms with E-state index < -0.39 is 0 Å². The first-order valence-corrected chi connectivity index (χ1v) is 7.78. The molecule has 3 nitrogen and oxygen atoms in total. The van der Waals surface area contributed by atoms with Crippen LogP contribution in [0.25, 0.3) is 0 Å². The number of aromatic nitrogens is 1. The van der Waals surface area contributed by atoms with Crippen LogP contribution >= 0.6 is 15.9 Å². The fourth-order valence-electron chi connectivity index (χ4n) is 2.70. The van der Waals surface area contributed by atoms with Gasteiger partial charge in [-0.05, 0) is 40.8 Å². The maximum absolute atomic E-state index is 12.7. The summed E-state index contributed by atoms with van der Waals surface area (Å²) >= 11 is 3.38. The molecule has 1 fully saturated rings. The van der Waals surface area contributed by atoms with Crippen LogP contribution in [-0.4, -0.2) is 28.4 Å². The van der Waals surface area contributed by atoms with Crippen molar-refractivity contribution in [2.45, 2.75) is 45.6 Å². The van der Waals surface area contributed by atoms with Gasteiger partial charge in [-0.3, -0.25) is 9.78 Å². The molecule has 2 rings (SSSR count). The van der Waals surface area contributed by atoms with Crippen LogP contribution in [-0.2, 0) is 0 Å². The molecule has 0 bridgehead atoms. The standard InChI is InChI=1S/C15H21BrN2O/c1-11(2)10-18(14-5-3-4-6-14)15(19)12-7-13(16)9-17-8-12/h7-9,11,14H,3-6,10H2,1-2H3. The van der Waals surface area contributed by atoms with Gasteiger partial charge in [-0.25, -0.2) is 0 Å². The van der Waals surface area contributed by atoms with Crippen LogP contribution in [0.5, 0.6) is 0 Å². The number of carbonyl (C=O) groups is 1. The number of nitrogens with zero attached hydrogens (tertiary/aromatic N) is 2. The molecule has 0 N–H and O–H groups in total. The minimum absolute atomic E-state index is 0.120. The summed E-state index contributed by atoms with van der Waals surface area (Å²) in [7, 11) is 0. The van der Waals surface area contributed by atoms with Gasteiger partial charge < -0.3 is 4.90 Å². The number of hydrogen-bond acceptors (Lipinski definition) is 2. The van der Waals surface area contributed by atoms with E-state index in [0.717, 1.165) is 23.9 Å². The molecule has 1 amide bonds. The quantitative estimate of drug-likeness (QED) is 0.841. The highest BCUT2D eigenvalue weighted by Crippen LogP contribution is 2.26. The lowest BCUT2D eigenvalue weighted by Gasteiger charge is -2.30. The molecule has 0 aliphatic heterocycles. The SMILES string of the molecule is CC(C)CN(C(=O)c1cncc(Br)c1)C1CCCC1. The molecule has 0 aromatic carbocycles. The Morgan fingerprint density at radius 2 is 2.11 bits per heavy atom. The number of pyridine rings is 1. The second kappa shape index (κ2) is 6.51. The van der Waals surface area contributed by atoms with Crippen LogP contribution in [0.15, 0.2) is 22.9 Å². The Labute approximate surface area is 123 Å². The third-order valence-electron chi connectivity index (χ3n) is 3.54. The Morgan fingerprint density at radius 3 is 2.68 bits per heavy atom. The molecule has 1 aromatic heterocycles. The van der Waals surface area contributed by atoms with Crippen molar-refractivity contribution in [2.75, 3.05) is 6.54 Å². The highest BCUT2D eigenvalue weighted by molar-refractivity contribution is 9.10. The maximum Gasteiger partial charge on any atom is 0.255 e. The molecule has 1 aliphatic rings. The van der Waals surface area contributed by atoms with E-state index in [1.807, 2.05) is 6.07 Å². The lowest BCUT2D eigenvalue weighted by molar-refractivity contribution is 0.0655. The fraction of sp³-hybridized carbons (Fsp3) is 0.600. The van der Waals surface area contributed by atoms with Crippen molar-refractivity contribution in [1.82, 2.24) is 9.88 Å². The minimum Gasteiger partial charge on any atom is -0.335 e. The van der Waals surface area contributed by atoms with Gasteiger partial charge in [0.2, 0.25) is 0 Å². The Morgan fingerprint density at radius 1 is 1.42 bits per heavy atom. The lowest BCUT2D eigenvalue weighted by Crippen LogP contribution is -2.41. The van der Waals surface area contributed by atoms with Gasteiger partial charge in [0.1, 0.15) is 0 Å². The van der Waals surface area contributed by atoms with Gasteiger partial charge in [0.05, 0.1) is 5.56 Å². The lowest BCUT2D eigenvalue weighted by atomic mass is 10.1. The molecule has 1 heterocycles. The van der Waals surface area contributed by atoms with Crippen molar-refractivity contribution in [2.24, 2.45) is 5.92 Å². The summed E-state index contributed by atoms with van der Waals surface area (Å²) in [6.07, 6.45) is 8.13. The highest BCUT2D eigenvalue weighted by atomic mass is 79.9. The van der Waals surface area contributed by atoms with E-state index in [4.69, 9.17) is 0 Å². The molecular formula is C15H21BrN2O. The Bertz CT molecular complexity index is 442. The molecule has 104 valence electrons. The molecule has 0 radical (unpaired) electrons. The van der Waals surface area contributed by atoms with E-state index in [0.29, 0.717) is 17.5 Å². The average molecular weight is 325 g/mol. The summed E-state index contributed by atoms with van der Waals surface area (Å²) in [6, 6.07) is 2.27. The van der Waals surface area contributed by atoms with E-state index in [1.165, 1.54) is 12.8 Å². The molecule has 0 spiro atoms. The topological polar surface area (TPSA) is 33.2 Å². The van der Waals surface area contributed by atoms with Crippen molar-refractivity contribution < 1.29 is 4.79 Å². The average Bonchev–Trinajstić information content (AvgIpc) is 2.88. The van der Waals surface area contributed by atoms with E-state index in [2.05, 4.69) is 39.7 Å². The summed E-state index contributed by atoms with van der Waals surface area (Å²) in [4.78, 5) is 18.8. The molecule has 0 unspecified atom stereocenters. The van der Waals surface area contributed by atoms with Gasteiger partial charge in [0.15, 0.2) is 0 Å². The van der Waals surface area contributed by atoms with Crippen molar-refractivity contribution in [1.29, 1.82) is 0 Å². The molecule has 1 aromatic rings. The second-order valence-corrected chi connectivity index (χ2v) is 6.60. The molecule has 19 heavy (non-hydrogen) atoms. The number of hydrogen-bond donors (Lipinski definition) is 0. The monoisotopic (exact) mass is 324 g/mol. The van der Waals surface area contributed by atoms with Gasteiger partial charge >= 0.3 is 0 Å². The van der Waals surface area contributed by atoms with Crippen LogP contribution in [0.4, 0.5) is 0 Å². The zero-order chi connectivity index (χ0) is 13.8. The maximum atomic E-state index is 12.7. The minimum atomic E-state index is 0.120. The van der Waals surface area contributed by atoms with E-state index in [-0.39, 0.29) is 5.91 Å². The fourth-order valence-corrected chi connectivity index (χ4v) is 3.07. The van der Waals surface area contributed by atoms with Gasteiger partial charge in [-0.15, -0.1) is 0 Å².